The Morgan fingerprint density at radius 2 is 1.14 bits per heavy atom. The molecular weight excluding hydrogens is 253 g/mol. The second-order valence-corrected chi connectivity index (χ2v) is 1.19. The summed E-state index contributed by atoms with van der Waals surface area (Å²) in [5.74, 6) is 0. The molecule has 0 fully saturated rings. The molecule has 0 atom stereocenters. The summed E-state index contributed by atoms with van der Waals surface area (Å²) in [5.41, 5.74) is 0. The van der Waals surface area contributed by atoms with E-state index in [2.05, 4.69) is 0 Å². The van der Waals surface area contributed by atoms with Crippen molar-refractivity contribution < 1.29 is 34.4 Å². The predicted octanol–water partition coefficient (Wildman–Crippen LogP) is -5.33. The molecule has 0 rings (SSSR count). The van der Waals surface area contributed by atoms with E-state index in [4.69, 9.17) is 18.6 Å². The Morgan fingerprint density at radius 3 is 1.14 bits per heavy atom. The largest absolute Gasteiger partial charge is 0.412 e. The van der Waals surface area contributed by atoms with Gasteiger partial charge in [-0.25, -0.2) is 0 Å². The summed E-state index contributed by atoms with van der Waals surface area (Å²) < 4.78 is 32.7. The first-order valence-electron chi connectivity index (χ1n) is 0.632. The van der Waals surface area contributed by atoms with Crippen molar-refractivity contribution >= 4 is 48.9 Å². The van der Waals surface area contributed by atoms with E-state index >= 15 is 0 Å². The Morgan fingerprint density at radius 1 is 1.14 bits per heavy atom. The molecule has 0 spiro atoms. The van der Waals surface area contributed by atoms with E-state index in [1.807, 2.05) is 0 Å². The van der Waals surface area contributed by atoms with Gasteiger partial charge in [0.25, 0.3) is 0 Å². The zero-order chi connectivity index (χ0) is 4.50. The molecule has 0 aromatic heterocycles. The van der Waals surface area contributed by atoms with Gasteiger partial charge in [-0.3, -0.25) is 0 Å². The van der Waals surface area contributed by atoms with Gasteiger partial charge >= 0.3 is 0 Å². The monoisotopic (exact) mass is 256 g/mol. The van der Waals surface area contributed by atoms with Crippen LogP contribution in [0.3, 0.4) is 0 Å². The van der Waals surface area contributed by atoms with Gasteiger partial charge in [0.1, 0.15) is 0 Å². The number of rotatable bonds is 0. The number of hydrogen-bond donors (Lipinski definition) is 1. The minimum absolute atomic E-state index is 0. The molecule has 0 amide bonds. The summed E-state index contributed by atoms with van der Waals surface area (Å²) in [5, 5.41) is 0. The molecule has 7 heavy (non-hydrogen) atoms. The van der Waals surface area contributed by atoms with Crippen LogP contribution in [0.5, 0.6) is 0 Å². The molecule has 0 aliphatic rings. The molecule has 7 heteroatoms. The van der Waals surface area contributed by atoms with E-state index in [1.54, 1.807) is 0 Å². The van der Waals surface area contributed by atoms with Crippen molar-refractivity contribution in [3.63, 3.8) is 0 Å². The molecule has 42 valence electrons. The standard InChI is InChI=1S/Ba.ClHO4.H2O/c;2-1(3,4)5;/h;(H,2,3,4,5);1H2. The average molecular weight is 256 g/mol. The third kappa shape index (κ3) is 89.0. The average Bonchev–Trinajstić information content (AvgIpc) is 0.722. The summed E-state index contributed by atoms with van der Waals surface area (Å²) in [6, 6.07) is 0. The minimum Gasteiger partial charge on any atom is -0.412 e. The summed E-state index contributed by atoms with van der Waals surface area (Å²) in [7, 11) is -4.69. The Bertz CT molecular complexity index is 23.6. The van der Waals surface area contributed by atoms with Crippen LogP contribution in [-0.4, -0.2) is 59.0 Å². The van der Waals surface area contributed by atoms with Crippen molar-refractivity contribution in [1.82, 2.24) is 0 Å². The van der Waals surface area contributed by atoms with Gasteiger partial charge in [-0.15, -0.1) is 0 Å². The fourth-order valence-electron chi connectivity index (χ4n) is 0. The first-order chi connectivity index (χ1) is 2.00. The summed E-state index contributed by atoms with van der Waals surface area (Å²) in [6.07, 6.45) is 0. The molecule has 0 aromatic rings. The van der Waals surface area contributed by atoms with E-state index in [0.29, 0.717) is 0 Å². The zero-order valence-corrected chi connectivity index (χ0v) is 8.45. The van der Waals surface area contributed by atoms with Crippen LogP contribution in [0.4, 0.5) is 0 Å². The predicted molar refractivity (Wildman–Crippen MR) is 11.6 cm³/mol. The van der Waals surface area contributed by atoms with Crippen LogP contribution in [0.25, 0.3) is 0 Å². The maximum atomic E-state index is 8.60. The van der Waals surface area contributed by atoms with Crippen LogP contribution < -0.4 is 14.0 Å². The number of halogens is 1. The fourth-order valence-corrected chi connectivity index (χ4v) is 0. The van der Waals surface area contributed by atoms with Crippen LogP contribution >= 0.6 is 0 Å². The minimum atomic E-state index is -4.69. The Balaban J connectivity index is -0.0000000800. The molecule has 0 bridgehead atoms. The van der Waals surface area contributed by atoms with Gasteiger partial charge in [-0.05, 0) is 0 Å². The molecule has 3 N–H and O–H groups in total. The Labute approximate surface area is 82.1 Å². The topological polar surface area (TPSA) is 121 Å². The van der Waals surface area contributed by atoms with Gasteiger partial charge < -0.3 is 5.48 Å². The van der Waals surface area contributed by atoms with Crippen LogP contribution in [0.15, 0.2) is 0 Å². The van der Waals surface area contributed by atoms with Crippen molar-refractivity contribution in [1.29, 1.82) is 0 Å². The van der Waals surface area contributed by atoms with Crippen molar-refractivity contribution in [2.24, 2.45) is 0 Å². The van der Waals surface area contributed by atoms with Gasteiger partial charge in [-0.1, -0.05) is 0 Å². The van der Waals surface area contributed by atoms with E-state index in [1.165, 1.54) is 0 Å². The molecule has 0 heterocycles. The SMILES string of the molecule is O.[Ba].[O-][Cl+3]([O-])([O-])O. The van der Waals surface area contributed by atoms with Gasteiger partial charge in [0.15, 0.2) is 0 Å². The first kappa shape index (κ1) is 15.9. The third-order valence-corrected chi connectivity index (χ3v) is 0. The third-order valence-electron chi connectivity index (χ3n) is 0. The van der Waals surface area contributed by atoms with E-state index in [0.717, 1.165) is 0 Å². The van der Waals surface area contributed by atoms with Crippen molar-refractivity contribution in [2.45, 2.75) is 0 Å². The van der Waals surface area contributed by atoms with Crippen molar-refractivity contribution in [3.8, 4) is 0 Å². The molecular formula is H3BaClO5. The summed E-state index contributed by atoms with van der Waals surface area (Å²) in [6.45, 7) is 0. The van der Waals surface area contributed by atoms with E-state index in [9.17, 15) is 0 Å². The summed E-state index contributed by atoms with van der Waals surface area (Å²) in [4.78, 5) is 0. The molecule has 0 saturated heterocycles. The summed E-state index contributed by atoms with van der Waals surface area (Å²) >= 11 is 0. The van der Waals surface area contributed by atoms with Gasteiger partial charge in [0.05, 0.1) is 14.9 Å². The molecule has 0 unspecified atom stereocenters. The zero-order valence-electron chi connectivity index (χ0n) is 3.26. The Kier molecular flexibility index (Phi) is 13.1. The van der Waals surface area contributed by atoms with Crippen molar-refractivity contribution in [3.05, 3.63) is 0 Å². The van der Waals surface area contributed by atoms with Gasteiger partial charge in [0, 0.05) is 48.9 Å². The van der Waals surface area contributed by atoms with E-state index in [-0.39, 0.29) is 54.4 Å². The van der Waals surface area contributed by atoms with E-state index < -0.39 is 10.2 Å². The quantitative estimate of drug-likeness (QED) is 0.435. The van der Waals surface area contributed by atoms with Crippen LogP contribution in [0, 0.1) is 10.2 Å². The second-order valence-electron chi connectivity index (χ2n) is 0.396. The molecule has 2 radical (unpaired) electrons. The smallest absolute Gasteiger partial charge is 0.0777 e. The normalized spacial score (nSPS) is 8.57. The fraction of sp³-hybridized carbons (Fsp3) is 0. The molecule has 0 aliphatic heterocycles. The van der Waals surface area contributed by atoms with Crippen molar-refractivity contribution in [2.75, 3.05) is 0 Å². The molecule has 5 nitrogen and oxygen atoms in total. The number of hydrogen-bond acceptors (Lipinski definition) is 4. The Hall–Kier alpha value is 1.66. The van der Waals surface area contributed by atoms with Gasteiger partial charge in [0.2, 0.25) is 0 Å². The van der Waals surface area contributed by atoms with Crippen LogP contribution in [0.1, 0.15) is 0 Å². The second kappa shape index (κ2) is 5.79. The maximum Gasteiger partial charge on any atom is 0.0777 e. The first-order valence-corrected chi connectivity index (χ1v) is 1.90. The molecule has 0 aromatic carbocycles. The maximum absolute atomic E-state index is 8.60. The molecule has 0 saturated carbocycles. The molecule has 0 aliphatic carbocycles. The van der Waals surface area contributed by atoms with Crippen LogP contribution in [0.2, 0.25) is 0 Å². The van der Waals surface area contributed by atoms with Gasteiger partial charge in [-0.2, -0.15) is 14.0 Å². The van der Waals surface area contributed by atoms with Crippen LogP contribution in [-0.2, 0) is 0 Å².